The van der Waals surface area contributed by atoms with Gasteiger partial charge >= 0.3 is 0 Å². The summed E-state index contributed by atoms with van der Waals surface area (Å²) in [5, 5.41) is 3.83. The lowest BCUT2D eigenvalue weighted by atomic mass is 9.67. The van der Waals surface area contributed by atoms with Crippen molar-refractivity contribution in [3.8, 4) is 0 Å². The van der Waals surface area contributed by atoms with Gasteiger partial charge in [0.05, 0.1) is 25.2 Å². The van der Waals surface area contributed by atoms with Gasteiger partial charge in [-0.05, 0) is 94.1 Å². The normalized spacial score (nSPS) is 17.8. The molecule has 0 unspecified atom stereocenters. The predicted molar refractivity (Wildman–Crippen MR) is 209 cm³/mol. The number of fused-ring (bicyclic) bond motifs is 10. The molecular formula is C44H26O4S3. The van der Waals surface area contributed by atoms with Crippen molar-refractivity contribution in [2.75, 3.05) is 0 Å². The third-order valence-corrected chi connectivity index (χ3v) is 15.2. The van der Waals surface area contributed by atoms with Crippen molar-refractivity contribution in [3.05, 3.63) is 139 Å². The van der Waals surface area contributed by atoms with Gasteiger partial charge in [-0.1, -0.05) is 67.8 Å². The molecule has 244 valence electrons. The lowest BCUT2D eigenvalue weighted by Crippen LogP contribution is -2.29. The highest BCUT2D eigenvalue weighted by Crippen LogP contribution is 2.60. The zero-order valence-electron chi connectivity index (χ0n) is 27.1. The monoisotopic (exact) mass is 714 g/mol. The van der Waals surface area contributed by atoms with E-state index in [2.05, 4.69) is 12.1 Å². The van der Waals surface area contributed by atoms with Crippen molar-refractivity contribution in [3.63, 3.8) is 0 Å². The molecule has 4 aromatic carbocycles. The zero-order chi connectivity index (χ0) is 34.2. The Balaban J connectivity index is 0.989. The second kappa shape index (κ2) is 10.5. The number of allylic oxidation sites excluding steroid dienone is 4. The summed E-state index contributed by atoms with van der Waals surface area (Å²) in [4.78, 5) is 56.6. The Bertz CT molecular complexity index is 2800. The first-order valence-corrected chi connectivity index (χ1v) is 19.7. The highest BCUT2D eigenvalue weighted by molar-refractivity contribution is 7.39. The summed E-state index contributed by atoms with van der Waals surface area (Å²) in [5.74, 6) is -0.775. The van der Waals surface area contributed by atoms with E-state index in [1.54, 1.807) is 40.1 Å². The summed E-state index contributed by atoms with van der Waals surface area (Å²) in [6.07, 6.45) is 11.3. The number of thiophene rings is 3. The van der Waals surface area contributed by atoms with E-state index in [-0.39, 0.29) is 39.7 Å². The first-order valence-electron chi connectivity index (χ1n) is 17.3. The standard InChI is InChI=1S/C44H26O4S3/c45-37-28-14-22-8-2-3-9-23(22)15-29(28)38(46)32(37)18-26-19-34-36(44(26)12-6-1-7-13-44)42-43(50-34)41-35(51-42)21-27(49-41)20-33-39(47)30-16-24-10-4-5-11-25(24)17-31(30)40(33)48/h2-5,8-11,14-21H,1,6-7,12-13H2. The van der Waals surface area contributed by atoms with Gasteiger partial charge in [0.25, 0.3) is 0 Å². The molecule has 0 atom stereocenters. The van der Waals surface area contributed by atoms with Crippen molar-refractivity contribution in [1.82, 2.24) is 0 Å². The summed E-state index contributed by atoms with van der Waals surface area (Å²) >= 11 is 5.20. The predicted octanol–water partition coefficient (Wildman–Crippen LogP) is 11.6. The SMILES string of the molecule is O=C1C(=CC2=Cc3sc4c(sc5cc(C=C6C(=O)c7cc8ccccc8cc7C6=O)sc54)c3C23CCCCC3)C(=O)c2cc3ccccc3cc21. The molecule has 1 saturated carbocycles. The van der Waals surface area contributed by atoms with Gasteiger partial charge < -0.3 is 0 Å². The molecule has 0 bridgehead atoms. The lowest BCUT2D eigenvalue weighted by molar-refractivity contribution is 0.0974. The Morgan fingerprint density at radius 2 is 1.04 bits per heavy atom. The van der Waals surface area contributed by atoms with Gasteiger partial charge in [-0.15, -0.1) is 34.0 Å². The van der Waals surface area contributed by atoms with Gasteiger partial charge in [-0.25, -0.2) is 0 Å². The minimum Gasteiger partial charge on any atom is -0.288 e. The average molecular weight is 715 g/mol. The molecule has 4 aliphatic carbocycles. The first kappa shape index (κ1) is 29.6. The molecule has 7 heteroatoms. The molecule has 0 N–H and O–H groups in total. The smallest absolute Gasteiger partial charge is 0.197 e. The van der Waals surface area contributed by atoms with Crippen LogP contribution in [0.15, 0.2) is 102 Å². The second-order valence-electron chi connectivity index (χ2n) is 14.1. The van der Waals surface area contributed by atoms with Crippen molar-refractivity contribution in [1.29, 1.82) is 0 Å². The maximum atomic E-state index is 13.8. The van der Waals surface area contributed by atoms with Gasteiger partial charge in [-0.3, -0.25) is 19.2 Å². The molecule has 1 spiro atoms. The van der Waals surface area contributed by atoms with Crippen LogP contribution in [0.4, 0.5) is 0 Å². The van der Waals surface area contributed by atoms with Gasteiger partial charge in [0, 0.05) is 42.1 Å². The number of carbonyl (C=O) groups excluding carboxylic acids is 4. The number of benzene rings is 4. The zero-order valence-corrected chi connectivity index (χ0v) is 29.6. The maximum Gasteiger partial charge on any atom is 0.197 e. The van der Waals surface area contributed by atoms with E-state index in [4.69, 9.17) is 0 Å². The summed E-state index contributed by atoms with van der Waals surface area (Å²) in [6.45, 7) is 0. The molecule has 4 aliphatic rings. The number of hydrogen-bond acceptors (Lipinski definition) is 7. The molecule has 7 aromatic rings. The van der Waals surface area contributed by atoms with Gasteiger partial charge in [0.1, 0.15) is 0 Å². The van der Waals surface area contributed by atoms with E-state index in [1.807, 2.05) is 78.9 Å². The Morgan fingerprint density at radius 1 is 0.529 bits per heavy atom. The third-order valence-electron chi connectivity index (χ3n) is 11.4. The summed E-state index contributed by atoms with van der Waals surface area (Å²) in [7, 11) is 0. The number of Topliss-reactive ketones (excluding diaryl/α,β-unsaturated/α-hetero) is 4. The minimum atomic E-state index is -0.228. The molecule has 0 radical (unpaired) electrons. The van der Waals surface area contributed by atoms with Crippen LogP contribution in [-0.4, -0.2) is 23.1 Å². The number of ketones is 4. The van der Waals surface area contributed by atoms with Crippen LogP contribution in [-0.2, 0) is 5.41 Å². The molecule has 4 nitrogen and oxygen atoms in total. The molecule has 0 saturated heterocycles. The summed E-state index contributed by atoms with van der Waals surface area (Å²) < 4.78 is 4.87. The highest BCUT2D eigenvalue weighted by Gasteiger charge is 2.46. The van der Waals surface area contributed by atoms with Crippen LogP contribution in [0.3, 0.4) is 0 Å². The van der Waals surface area contributed by atoms with Crippen LogP contribution in [0.1, 0.15) is 88.9 Å². The van der Waals surface area contributed by atoms with E-state index in [0.29, 0.717) is 22.3 Å². The number of hydrogen-bond donors (Lipinski definition) is 0. The quantitative estimate of drug-likeness (QED) is 0.132. The number of rotatable bonds is 2. The van der Waals surface area contributed by atoms with E-state index in [0.717, 1.165) is 62.4 Å². The number of carbonyl (C=O) groups is 4. The topological polar surface area (TPSA) is 68.3 Å². The van der Waals surface area contributed by atoms with E-state index < -0.39 is 0 Å². The lowest BCUT2D eigenvalue weighted by Gasteiger charge is -2.36. The molecular weight excluding hydrogens is 689 g/mol. The Hall–Kier alpha value is -5.08. The largest absolute Gasteiger partial charge is 0.288 e. The van der Waals surface area contributed by atoms with Crippen LogP contribution >= 0.6 is 34.0 Å². The van der Waals surface area contributed by atoms with Gasteiger partial charge in [0.15, 0.2) is 23.1 Å². The Morgan fingerprint density at radius 3 is 1.57 bits per heavy atom. The molecule has 1 fully saturated rings. The fraction of sp³-hybridized carbons (Fsp3) is 0.136. The Labute approximate surface area is 304 Å². The second-order valence-corrected chi connectivity index (χ2v) is 17.3. The maximum absolute atomic E-state index is 13.8. The van der Waals surface area contributed by atoms with E-state index in [9.17, 15) is 19.2 Å². The molecule has 0 aliphatic heterocycles. The van der Waals surface area contributed by atoms with E-state index >= 15 is 0 Å². The fourth-order valence-corrected chi connectivity index (χ4v) is 13.3. The third kappa shape index (κ3) is 4.05. The average Bonchev–Trinajstić information content (AvgIpc) is 3.95. The van der Waals surface area contributed by atoms with Crippen molar-refractivity contribution in [2.24, 2.45) is 0 Å². The van der Waals surface area contributed by atoms with Crippen LogP contribution in [0.2, 0.25) is 0 Å². The first-order chi connectivity index (χ1) is 24.9. The molecule has 11 rings (SSSR count). The fourth-order valence-electron chi connectivity index (χ4n) is 8.92. The van der Waals surface area contributed by atoms with Crippen molar-refractivity contribution >= 4 is 110 Å². The van der Waals surface area contributed by atoms with Crippen molar-refractivity contribution < 1.29 is 19.2 Å². The minimum absolute atomic E-state index is 0.179. The van der Waals surface area contributed by atoms with Crippen molar-refractivity contribution in [2.45, 2.75) is 37.5 Å². The van der Waals surface area contributed by atoms with Crippen LogP contribution in [0, 0.1) is 0 Å². The van der Waals surface area contributed by atoms with Crippen LogP contribution in [0.5, 0.6) is 0 Å². The van der Waals surface area contributed by atoms with Gasteiger partial charge in [0.2, 0.25) is 0 Å². The summed E-state index contributed by atoms with van der Waals surface area (Å²) in [6, 6.07) is 25.2. The van der Waals surface area contributed by atoms with Gasteiger partial charge in [-0.2, -0.15) is 0 Å². The molecule has 0 amide bonds. The van der Waals surface area contributed by atoms with Crippen LogP contribution in [0.25, 0.3) is 52.5 Å². The van der Waals surface area contributed by atoms with Crippen LogP contribution < -0.4 is 0 Å². The highest BCUT2D eigenvalue weighted by atomic mass is 32.1. The molecule has 3 heterocycles. The summed E-state index contributed by atoms with van der Waals surface area (Å²) in [5.41, 5.74) is 4.68. The van der Waals surface area contributed by atoms with E-state index in [1.165, 1.54) is 31.0 Å². The molecule has 51 heavy (non-hydrogen) atoms. The Kier molecular flexibility index (Phi) is 6.09. The molecule has 3 aromatic heterocycles.